The number of hydrogen-bond acceptors (Lipinski definition) is 2. The third-order valence-corrected chi connectivity index (χ3v) is 4.13. The molecule has 0 aliphatic heterocycles. The zero-order valence-corrected chi connectivity index (χ0v) is 15.2. The van der Waals surface area contributed by atoms with Crippen LogP contribution in [-0.2, 0) is 11.3 Å². The molecule has 130 valence electrons. The average Bonchev–Trinajstić information content (AvgIpc) is 2.61. The van der Waals surface area contributed by atoms with Crippen LogP contribution >= 0.6 is 12.4 Å². The molecule has 0 spiro atoms. The molecule has 2 rings (SSSR count). The van der Waals surface area contributed by atoms with Gasteiger partial charge >= 0.3 is 0 Å². The lowest BCUT2D eigenvalue weighted by molar-refractivity contribution is -0.136. The molecule has 0 radical (unpaired) electrons. The second kappa shape index (κ2) is 10.1. The largest absolute Gasteiger partial charge is 0.338 e. The topological polar surface area (TPSA) is 46.3 Å². The molecule has 1 amide bonds. The van der Waals surface area contributed by atoms with E-state index in [0.717, 1.165) is 24.1 Å². The van der Waals surface area contributed by atoms with Crippen molar-refractivity contribution in [3.63, 3.8) is 0 Å². The number of amides is 1. The molecule has 2 aromatic carbocycles. The van der Waals surface area contributed by atoms with Gasteiger partial charge < -0.3 is 10.6 Å². The second-order valence-electron chi connectivity index (χ2n) is 5.97. The number of rotatable bonds is 7. The van der Waals surface area contributed by atoms with Crippen LogP contribution in [0.25, 0.3) is 0 Å². The Bertz CT molecular complexity index is 604. The molecule has 0 bridgehead atoms. The molecule has 2 unspecified atom stereocenters. The van der Waals surface area contributed by atoms with Crippen molar-refractivity contribution in [2.24, 2.45) is 11.7 Å². The molecule has 0 aromatic heterocycles. The van der Waals surface area contributed by atoms with E-state index in [1.54, 1.807) is 0 Å². The molecule has 0 saturated carbocycles. The molecule has 2 atom stereocenters. The van der Waals surface area contributed by atoms with Crippen molar-refractivity contribution in [2.75, 3.05) is 6.54 Å². The lowest BCUT2D eigenvalue weighted by atomic mass is 9.94. The van der Waals surface area contributed by atoms with Gasteiger partial charge in [-0.15, -0.1) is 12.4 Å². The van der Waals surface area contributed by atoms with E-state index in [2.05, 4.69) is 19.1 Å². The highest BCUT2D eigenvalue weighted by Crippen LogP contribution is 2.22. The number of hydrogen-bond donors (Lipinski definition) is 1. The first kappa shape index (κ1) is 20.2. The van der Waals surface area contributed by atoms with Crippen LogP contribution in [0.5, 0.6) is 0 Å². The van der Waals surface area contributed by atoms with Crippen LogP contribution in [-0.4, -0.2) is 17.4 Å². The molecule has 4 heteroatoms. The van der Waals surface area contributed by atoms with E-state index < -0.39 is 0 Å². The first-order valence-corrected chi connectivity index (χ1v) is 8.26. The Kier molecular flexibility index (Phi) is 8.51. The van der Waals surface area contributed by atoms with Crippen LogP contribution < -0.4 is 5.73 Å². The molecule has 3 nitrogen and oxygen atoms in total. The molecule has 0 aliphatic carbocycles. The number of carbonyl (C=O) groups is 1. The fourth-order valence-electron chi connectivity index (χ4n) is 2.75. The van der Waals surface area contributed by atoms with E-state index in [9.17, 15) is 4.79 Å². The van der Waals surface area contributed by atoms with Gasteiger partial charge in [0.2, 0.25) is 5.91 Å². The van der Waals surface area contributed by atoms with Crippen molar-refractivity contribution in [1.29, 1.82) is 0 Å². The van der Waals surface area contributed by atoms with Gasteiger partial charge in [0.25, 0.3) is 0 Å². The van der Waals surface area contributed by atoms with Crippen molar-refractivity contribution < 1.29 is 4.79 Å². The highest BCUT2D eigenvalue weighted by molar-refractivity contribution is 5.85. The van der Waals surface area contributed by atoms with Crippen molar-refractivity contribution in [3.05, 3.63) is 71.8 Å². The lowest BCUT2D eigenvalue weighted by Crippen LogP contribution is -2.39. The summed E-state index contributed by atoms with van der Waals surface area (Å²) < 4.78 is 0. The quantitative estimate of drug-likeness (QED) is 0.817. The number of halogens is 1. The number of nitrogens with two attached hydrogens (primary N) is 1. The Hall–Kier alpha value is -1.84. The molecule has 2 aromatic rings. The molecule has 0 heterocycles. The smallest absolute Gasteiger partial charge is 0.227 e. The average molecular weight is 347 g/mol. The first-order chi connectivity index (χ1) is 11.1. The van der Waals surface area contributed by atoms with Crippen molar-refractivity contribution >= 4 is 18.3 Å². The van der Waals surface area contributed by atoms with Gasteiger partial charge in [0, 0.05) is 19.1 Å². The second-order valence-corrected chi connectivity index (χ2v) is 5.97. The van der Waals surface area contributed by atoms with Gasteiger partial charge in [-0.3, -0.25) is 4.79 Å². The maximum atomic E-state index is 12.9. The zero-order valence-electron chi connectivity index (χ0n) is 14.4. The fourth-order valence-corrected chi connectivity index (χ4v) is 2.75. The summed E-state index contributed by atoms with van der Waals surface area (Å²) in [6, 6.07) is 19.7. The Morgan fingerprint density at radius 1 is 1.04 bits per heavy atom. The number of nitrogens with zero attached hydrogens (tertiary/aromatic N) is 1. The minimum absolute atomic E-state index is 0. The summed E-state index contributed by atoms with van der Waals surface area (Å²) in [6.45, 7) is 5.40. The van der Waals surface area contributed by atoms with E-state index in [-0.39, 0.29) is 30.3 Å². The minimum atomic E-state index is -0.279. The maximum absolute atomic E-state index is 12.9. The first-order valence-electron chi connectivity index (χ1n) is 8.26. The van der Waals surface area contributed by atoms with Crippen LogP contribution in [0, 0.1) is 5.92 Å². The van der Waals surface area contributed by atoms with E-state index in [0.29, 0.717) is 6.54 Å². The number of carbonyl (C=O) groups excluding carboxylic acids is 1. The highest BCUT2D eigenvalue weighted by Gasteiger charge is 2.26. The summed E-state index contributed by atoms with van der Waals surface area (Å²) in [7, 11) is 0. The summed E-state index contributed by atoms with van der Waals surface area (Å²) in [6.07, 6.45) is 0.936. The third-order valence-electron chi connectivity index (χ3n) is 4.13. The summed E-state index contributed by atoms with van der Waals surface area (Å²) >= 11 is 0. The third kappa shape index (κ3) is 5.36. The highest BCUT2D eigenvalue weighted by atomic mass is 35.5. The van der Waals surface area contributed by atoms with E-state index in [4.69, 9.17) is 5.73 Å². The van der Waals surface area contributed by atoms with Crippen molar-refractivity contribution in [2.45, 2.75) is 32.9 Å². The molecular weight excluding hydrogens is 320 g/mol. The van der Waals surface area contributed by atoms with Gasteiger partial charge in [-0.05, 0) is 17.5 Å². The van der Waals surface area contributed by atoms with Crippen LogP contribution in [0.4, 0.5) is 0 Å². The van der Waals surface area contributed by atoms with Crippen molar-refractivity contribution in [3.8, 4) is 0 Å². The Labute approximate surface area is 151 Å². The van der Waals surface area contributed by atoms with Crippen LogP contribution in [0.3, 0.4) is 0 Å². The Morgan fingerprint density at radius 3 is 2.12 bits per heavy atom. The standard InChI is InChI=1S/C20H26N2O.ClH/c1-3-14-22(15-17-10-6-4-7-11-17)20(23)16(2)19(21)18-12-8-5-9-13-18;/h4-13,16,19H,3,14-15,21H2,1-2H3;1H. The molecular formula is C20H27ClN2O. The van der Waals surface area contributed by atoms with Gasteiger partial charge in [0.1, 0.15) is 0 Å². The van der Waals surface area contributed by atoms with E-state index in [1.165, 1.54) is 0 Å². The van der Waals surface area contributed by atoms with E-state index in [1.807, 2.05) is 60.4 Å². The van der Waals surface area contributed by atoms with Crippen LogP contribution in [0.1, 0.15) is 37.4 Å². The fraction of sp³-hybridized carbons (Fsp3) is 0.350. The SMILES string of the molecule is CCCN(Cc1ccccc1)C(=O)C(C)C(N)c1ccccc1.Cl. The zero-order chi connectivity index (χ0) is 16.7. The van der Waals surface area contributed by atoms with Gasteiger partial charge in [-0.2, -0.15) is 0 Å². The summed E-state index contributed by atoms with van der Waals surface area (Å²) in [5, 5.41) is 0. The van der Waals surface area contributed by atoms with Gasteiger partial charge in [-0.1, -0.05) is 74.5 Å². The predicted octanol–water partition coefficient (Wildman–Crippen LogP) is 4.18. The molecule has 0 saturated heterocycles. The van der Waals surface area contributed by atoms with Crippen LogP contribution in [0.15, 0.2) is 60.7 Å². The molecule has 0 fully saturated rings. The summed E-state index contributed by atoms with van der Waals surface area (Å²) in [5.41, 5.74) is 8.47. The van der Waals surface area contributed by atoms with Crippen molar-refractivity contribution in [1.82, 2.24) is 4.90 Å². The Balaban J connectivity index is 0.00000288. The van der Waals surface area contributed by atoms with Gasteiger partial charge in [0.15, 0.2) is 0 Å². The van der Waals surface area contributed by atoms with E-state index >= 15 is 0 Å². The minimum Gasteiger partial charge on any atom is -0.338 e. The monoisotopic (exact) mass is 346 g/mol. The van der Waals surface area contributed by atoms with Gasteiger partial charge in [0.05, 0.1) is 5.92 Å². The normalized spacial score (nSPS) is 12.8. The summed E-state index contributed by atoms with van der Waals surface area (Å²) in [5.74, 6) is -0.125. The predicted molar refractivity (Wildman–Crippen MR) is 102 cm³/mol. The molecule has 0 aliphatic rings. The van der Waals surface area contributed by atoms with Gasteiger partial charge in [-0.25, -0.2) is 0 Å². The Morgan fingerprint density at radius 2 is 1.58 bits per heavy atom. The lowest BCUT2D eigenvalue weighted by Gasteiger charge is -2.28. The summed E-state index contributed by atoms with van der Waals surface area (Å²) in [4.78, 5) is 14.8. The molecule has 2 N–H and O–H groups in total. The molecule has 24 heavy (non-hydrogen) atoms. The maximum Gasteiger partial charge on any atom is 0.227 e. The number of benzene rings is 2. The van der Waals surface area contributed by atoms with Crippen LogP contribution in [0.2, 0.25) is 0 Å².